The van der Waals surface area contributed by atoms with E-state index in [2.05, 4.69) is 20.6 Å². The number of anilines is 3. The quantitative estimate of drug-likeness (QED) is 0.633. The number of amides is 1. The fraction of sp³-hybridized carbons (Fsp3) is 0.143. The molecule has 0 aliphatic heterocycles. The minimum Gasteiger partial charge on any atom is -0.462 e. The first-order valence-electron chi connectivity index (χ1n) is 8.80. The van der Waals surface area contributed by atoms with Crippen LogP contribution in [0.5, 0.6) is 0 Å². The average molecular weight is 376 g/mol. The van der Waals surface area contributed by atoms with Crippen molar-refractivity contribution in [3.05, 3.63) is 77.6 Å². The fourth-order valence-corrected chi connectivity index (χ4v) is 2.52. The normalized spacial score (nSPS) is 10.2. The molecule has 1 amide bonds. The van der Waals surface area contributed by atoms with Crippen molar-refractivity contribution in [2.45, 2.75) is 13.8 Å². The Bertz CT molecular complexity index is 987. The van der Waals surface area contributed by atoms with Gasteiger partial charge in [0.2, 0.25) is 5.95 Å². The molecule has 2 N–H and O–H groups in total. The van der Waals surface area contributed by atoms with E-state index in [1.807, 2.05) is 31.2 Å². The number of carbonyl (C=O) groups excluding carboxylic acids is 2. The number of nitrogens with zero attached hydrogens (tertiary/aromatic N) is 2. The lowest BCUT2D eigenvalue weighted by molar-refractivity contribution is 0.0527. The fourth-order valence-electron chi connectivity index (χ4n) is 2.52. The minimum absolute atomic E-state index is 0.254. The number of ether oxygens (including phenoxy) is 1. The third-order valence-corrected chi connectivity index (χ3v) is 3.98. The van der Waals surface area contributed by atoms with Crippen molar-refractivity contribution in [3.8, 4) is 0 Å². The van der Waals surface area contributed by atoms with E-state index >= 15 is 0 Å². The first-order chi connectivity index (χ1) is 13.6. The first kappa shape index (κ1) is 19.0. The number of aromatic nitrogens is 2. The lowest BCUT2D eigenvalue weighted by atomic mass is 10.1. The second kappa shape index (κ2) is 8.77. The minimum atomic E-state index is -0.493. The Labute approximate surface area is 162 Å². The Morgan fingerprint density at radius 2 is 1.61 bits per heavy atom. The number of rotatable bonds is 6. The molecule has 0 radical (unpaired) electrons. The summed E-state index contributed by atoms with van der Waals surface area (Å²) in [5.74, 6) is -0.524. The topological polar surface area (TPSA) is 93.2 Å². The molecule has 0 saturated carbocycles. The van der Waals surface area contributed by atoms with Gasteiger partial charge in [0.15, 0.2) is 0 Å². The Morgan fingerprint density at radius 1 is 0.964 bits per heavy atom. The summed E-state index contributed by atoms with van der Waals surface area (Å²) in [5, 5.41) is 5.82. The van der Waals surface area contributed by atoms with Crippen LogP contribution in [0.2, 0.25) is 0 Å². The lowest BCUT2D eigenvalue weighted by Gasteiger charge is -2.11. The maximum absolute atomic E-state index is 12.5. The number of aryl methyl sites for hydroxylation is 1. The molecule has 0 aliphatic carbocycles. The van der Waals surface area contributed by atoms with Crippen molar-refractivity contribution in [1.82, 2.24) is 9.97 Å². The molecule has 3 rings (SSSR count). The highest BCUT2D eigenvalue weighted by atomic mass is 16.5. The molecule has 0 fully saturated rings. The molecule has 0 atom stereocenters. The van der Waals surface area contributed by atoms with Crippen molar-refractivity contribution in [2.75, 3.05) is 17.2 Å². The van der Waals surface area contributed by atoms with Gasteiger partial charge in [-0.15, -0.1) is 0 Å². The maximum atomic E-state index is 12.5. The number of nitrogens with one attached hydrogen (secondary N) is 2. The summed E-state index contributed by atoms with van der Waals surface area (Å²) < 4.78 is 5.01. The second-order valence-corrected chi connectivity index (χ2v) is 5.96. The van der Waals surface area contributed by atoms with Crippen LogP contribution < -0.4 is 10.6 Å². The van der Waals surface area contributed by atoms with Crippen LogP contribution >= 0.6 is 0 Å². The van der Waals surface area contributed by atoms with E-state index in [0.717, 1.165) is 11.3 Å². The van der Waals surface area contributed by atoms with E-state index in [-0.39, 0.29) is 17.7 Å². The number of benzene rings is 2. The summed E-state index contributed by atoms with van der Waals surface area (Å²) in [4.78, 5) is 32.9. The molecule has 7 nitrogen and oxygen atoms in total. The van der Waals surface area contributed by atoms with E-state index in [0.29, 0.717) is 11.6 Å². The molecule has 1 heterocycles. The molecule has 0 saturated heterocycles. The highest BCUT2D eigenvalue weighted by Gasteiger charge is 2.15. The van der Waals surface area contributed by atoms with Crippen LogP contribution in [-0.4, -0.2) is 28.5 Å². The van der Waals surface area contributed by atoms with Crippen LogP contribution in [0.3, 0.4) is 0 Å². The van der Waals surface area contributed by atoms with Crippen molar-refractivity contribution in [2.24, 2.45) is 0 Å². The van der Waals surface area contributed by atoms with Gasteiger partial charge in [0.25, 0.3) is 5.91 Å². The van der Waals surface area contributed by atoms with Crippen molar-refractivity contribution < 1.29 is 14.3 Å². The van der Waals surface area contributed by atoms with Gasteiger partial charge in [0.1, 0.15) is 0 Å². The van der Waals surface area contributed by atoms with Crippen LogP contribution in [-0.2, 0) is 4.74 Å². The monoisotopic (exact) mass is 376 g/mol. The number of hydrogen-bond donors (Lipinski definition) is 2. The summed E-state index contributed by atoms with van der Waals surface area (Å²) in [7, 11) is 0. The molecule has 3 aromatic rings. The largest absolute Gasteiger partial charge is 0.462 e. The molecule has 142 valence electrons. The predicted molar refractivity (Wildman–Crippen MR) is 107 cm³/mol. The standard InChI is InChI=1S/C21H20N4O3/c1-3-28-20(27)16-9-5-7-11-18(16)24-19(26)15-12-22-21(23-13-15)25-17-10-6-4-8-14(17)2/h4-13H,3H2,1-2H3,(H,24,26)(H,22,23,25). The first-order valence-corrected chi connectivity index (χ1v) is 8.80. The molecule has 2 aromatic carbocycles. The summed E-state index contributed by atoms with van der Waals surface area (Å²) in [5.41, 5.74) is 2.88. The highest BCUT2D eigenvalue weighted by molar-refractivity contribution is 6.07. The van der Waals surface area contributed by atoms with Crippen LogP contribution in [0.15, 0.2) is 60.9 Å². The molecular weight excluding hydrogens is 356 g/mol. The van der Waals surface area contributed by atoms with Gasteiger partial charge in [-0.1, -0.05) is 30.3 Å². The number of hydrogen-bond acceptors (Lipinski definition) is 6. The zero-order chi connectivity index (χ0) is 19.9. The van der Waals surface area contributed by atoms with Gasteiger partial charge in [-0.05, 0) is 37.6 Å². The number of esters is 1. The average Bonchev–Trinajstić information content (AvgIpc) is 2.71. The summed E-state index contributed by atoms with van der Waals surface area (Å²) >= 11 is 0. The van der Waals surface area contributed by atoms with Gasteiger partial charge >= 0.3 is 5.97 Å². The lowest BCUT2D eigenvalue weighted by Crippen LogP contribution is -2.16. The summed E-state index contributed by atoms with van der Waals surface area (Å²) in [6.45, 7) is 3.96. The van der Waals surface area contributed by atoms with Crippen LogP contribution in [0, 0.1) is 6.92 Å². The molecule has 0 spiro atoms. The number of carbonyl (C=O) groups is 2. The van der Waals surface area contributed by atoms with E-state index in [1.54, 1.807) is 31.2 Å². The van der Waals surface area contributed by atoms with Crippen LogP contribution in [0.1, 0.15) is 33.2 Å². The van der Waals surface area contributed by atoms with E-state index in [9.17, 15) is 9.59 Å². The predicted octanol–water partition coefficient (Wildman–Crippen LogP) is 3.96. The zero-order valence-corrected chi connectivity index (χ0v) is 15.6. The molecule has 0 bridgehead atoms. The van der Waals surface area contributed by atoms with Gasteiger partial charge in [-0.3, -0.25) is 4.79 Å². The molecule has 0 unspecified atom stereocenters. The molecule has 28 heavy (non-hydrogen) atoms. The molecular formula is C21H20N4O3. The van der Waals surface area contributed by atoms with Gasteiger partial charge in [-0.25, -0.2) is 14.8 Å². The van der Waals surface area contributed by atoms with Gasteiger partial charge in [0, 0.05) is 18.1 Å². The SMILES string of the molecule is CCOC(=O)c1ccccc1NC(=O)c1cnc(Nc2ccccc2C)nc1. The third kappa shape index (κ3) is 4.50. The van der Waals surface area contributed by atoms with Crippen LogP contribution in [0.25, 0.3) is 0 Å². The van der Waals surface area contributed by atoms with E-state index in [4.69, 9.17) is 4.74 Å². The Balaban J connectivity index is 1.72. The summed E-state index contributed by atoms with van der Waals surface area (Å²) in [6, 6.07) is 14.4. The van der Waals surface area contributed by atoms with Gasteiger partial charge < -0.3 is 15.4 Å². The highest BCUT2D eigenvalue weighted by Crippen LogP contribution is 2.19. The third-order valence-electron chi connectivity index (χ3n) is 3.98. The van der Waals surface area contributed by atoms with Crippen molar-refractivity contribution in [3.63, 3.8) is 0 Å². The van der Waals surface area contributed by atoms with Gasteiger partial charge in [0.05, 0.1) is 23.4 Å². The van der Waals surface area contributed by atoms with Crippen LogP contribution in [0.4, 0.5) is 17.3 Å². The molecule has 1 aromatic heterocycles. The maximum Gasteiger partial charge on any atom is 0.340 e. The van der Waals surface area contributed by atoms with Crippen molar-refractivity contribution in [1.29, 1.82) is 0 Å². The van der Waals surface area contributed by atoms with E-state index < -0.39 is 11.9 Å². The Hall–Kier alpha value is -3.74. The zero-order valence-electron chi connectivity index (χ0n) is 15.6. The number of para-hydroxylation sites is 2. The molecule has 7 heteroatoms. The summed E-state index contributed by atoms with van der Waals surface area (Å²) in [6.07, 6.45) is 2.85. The Morgan fingerprint density at radius 3 is 2.29 bits per heavy atom. The van der Waals surface area contributed by atoms with Crippen molar-refractivity contribution >= 4 is 29.2 Å². The van der Waals surface area contributed by atoms with E-state index in [1.165, 1.54) is 12.4 Å². The smallest absolute Gasteiger partial charge is 0.340 e. The molecule has 0 aliphatic rings. The Kier molecular flexibility index (Phi) is 5.96. The second-order valence-electron chi connectivity index (χ2n) is 5.96. The van der Waals surface area contributed by atoms with Gasteiger partial charge in [-0.2, -0.15) is 0 Å².